The van der Waals surface area contributed by atoms with Gasteiger partial charge in [-0.3, -0.25) is 4.79 Å². The summed E-state index contributed by atoms with van der Waals surface area (Å²) >= 11 is 3.22. The van der Waals surface area contributed by atoms with E-state index < -0.39 is 21.4 Å². The van der Waals surface area contributed by atoms with Crippen molar-refractivity contribution in [2.24, 2.45) is 0 Å². The van der Waals surface area contributed by atoms with Crippen molar-refractivity contribution in [1.29, 1.82) is 0 Å². The highest BCUT2D eigenvalue weighted by Gasteiger charge is 2.17. The van der Waals surface area contributed by atoms with E-state index in [1.165, 1.54) is 7.11 Å². The van der Waals surface area contributed by atoms with Crippen molar-refractivity contribution < 1.29 is 17.9 Å². The van der Waals surface area contributed by atoms with E-state index in [0.717, 1.165) is 6.26 Å². The second kappa shape index (κ2) is 4.97. The Kier molecular flexibility index (Phi) is 4.09. The molecule has 0 amide bonds. The summed E-state index contributed by atoms with van der Waals surface area (Å²) in [6.45, 7) is 0. The maximum Gasteiger partial charge on any atom is 0.181 e. The Morgan fingerprint density at radius 3 is 2.56 bits per heavy atom. The fraction of sp³-hybridized carbons (Fsp3) is 0.300. The minimum atomic E-state index is -3.33. The molecule has 0 saturated carbocycles. The zero-order chi connectivity index (χ0) is 12.3. The van der Waals surface area contributed by atoms with Crippen LogP contribution in [0.3, 0.4) is 0 Å². The molecule has 0 aromatic heterocycles. The van der Waals surface area contributed by atoms with Crippen LogP contribution in [-0.2, 0) is 9.84 Å². The molecular formula is C10H11BrO4S. The average Bonchev–Trinajstić information content (AvgIpc) is 2.15. The molecule has 88 valence electrons. The molecule has 0 saturated heterocycles. The lowest BCUT2D eigenvalue weighted by Gasteiger charge is -2.07. The number of methoxy groups -OCH3 is 1. The van der Waals surface area contributed by atoms with Crippen LogP contribution in [0.1, 0.15) is 10.4 Å². The van der Waals surface area contributed by atoms with Gasteiger partial charge in [0.1, 0.15) is 11.5 Å². The molecule has 0 N–H and O–H groups in total. The van der Waals surface area contributed by atoms with E-state index in [2.05, 4.69) is 15.9 Å². The number of rotatable bonds is 4. The topological polar surface area (TPSA) is 60.4 Å². The number of carbonyl (C=O) groups excluding carboxylic acids is 1. The van der Waals surface area contributed by atoms with Gasteiger partial charge in [0.15, 0.2) is 15.6 Å². The van der Waals surface area contributed by atoms with E-state index in [1.54, 1.807) is 18.2 Å². The summed E-state index contributed by atoms with van der Waals surface area (Å²) in [7, 11) is -1.90. The van der Waals surface area contributed by atoms with Crippen molar-refractivity contribution in [2.75, 3.05) is 19.1 Å². The van der Waals surface area contributed by atoms with Crippen LogP contribution in [0.25, 0.3) is 0 Å². The fourth-order valence-electron chi connectivity index (χ4n) is 1.21. The van der Waals surface area contributed by atoms with Crippen molar-refractivity contribution in [3.05, 3.63) is 28.2 Å². The minimum absolute atomic E-state index is 0.266. The van der Waals surface area contributed by atoms with Gasteiger partial charge in [-0.1, -0.05) is 15.9 Å². The third-order valence-corrected chi connectivity index (χ3v) is 3.14. The first-order chi connectivity index (χ1) is 7.33. The number of ketones is 1. The Bertz CT molecular complexity index is 508. The Morgan fingerprint density at radius 2 is 2.06 bits per heavy atom. The number of ether oxygens (including phenoxy) is 1. The highest BCUT2D eigenvalue weighted by atomic mass is 79.9. The van der Waals surface area contributed by atoms with Crippen LogP contribution >= 0.6 is 15.9 Å². The SMILES string of the molecule is COc1ccc(Br)cc1C(=O)CS(C)(=O)=O. The second-order valence-corrected chi connectivity index (χ2v) is 6.39. The molecule has 16 heavy (non-hydrogen) atoms. The molecule has 1 aromatic carbocycles. The molecule has 1 rings (SSSR count). The number of benzene rings is 1. The summed E-state index contributed by atoms with van der Waals surface area (Å²) in [6.07, 6.45) is 1.02. The Labute approximate surface area is 103 Å². The molecular weight excluding hydrogens is 296 g/mol. The van der Waals surface area contributed by atoms with E-state index in [1.807, 2.05) is 0 Å². The van der Waals surface area contributed by atoms with Crippen LogP contribution in [-0.4, -0.2) is 33.3 Å². The molecule has 6 heteroatoms. The maximum atomic E-state index is 11.7. The Hall–Kier alpha value is -0.880. The van der Waals surface area contributed by atoms with Gasteiger partial charge in [-0.05, 0) is 18.2 Å². The van der Waals surface area contributed by atoms with Gasteiger partial charge in [-0.25, -0.2) is 8.42 Å². The lowest BCUT2D eigenvalue weighted by Crippen LogP contribution is -2.15. The first kappa shape index (κ1) is 13.2. The molecule has 1 aromatic rings. The van der Waals surface area contributed by atoms with Crippen LogP contribution < -0.4 is 4.74 Å². The summed E-state index contributed by atoms with van der Waals surface area (Å²) in [5.41, 5.74) is 0.266. The van der Waals surface area contributed by atoms with Crippen LogP contribution in [0.15, 0.2) is 22.7 Å². The van der Waals surface area contributed by atoms with E-state index >= 15 is 0 Å². The highest BCUT2D eigenvalue weighted by Crippen LogP contribution is 2.23. The van der Waals surface area contributed by atoms with Gasteiger partial charge in [0, 0.05) is 10.7 Å². The van der Waals surface area contributed by atoms with Gasteiger partial charge >= 0.3 is 0 Å². The van der Waals surface area contributed by atoms with Gasteiger partial charge in [0.05, 0.1) is 12.7 Å². The number of hydrogen-bond acceptors (Lipinski definition) is 4. The minimum Gasteiger partial charge on any atom is -0.496 e. The van der Waals surface area contributed by atoms with E-state index in [-0.39, 0.29) is 5.56 Å². The van der Waals surface area contributed by atoms with Crippen LogP contribution in [0.4, 0.5) is 0 Å². The molecule has 0 radical (unpaired) electrons. The van der Waals surface area contributed by atoms with Crippen molar-refractivity contribution in [3.63, 3.8) is 0 Å². The number of Topliss-reactive ketones (excluding diaryl/α,β-unsaturated/α-hetero) is 1. The third kappa shape index (κ3) is 3.61. The zero-order valence-corrected chi connectivity index (χ0v) is 11.3. The van der Waals surface area contributed by atoms with E-state index in [0.29, 0.717) is 10.2 Å². The summed E-state index contributed by atoms with van der Waals surface area (Å²) in [6, 6.07) is 4.88. The second-order valence-electron chi connectivity index (χ2n) is 3.34. The third-order valence-electron chi connectivity index (χ3n) is 1.86. The molecule has 0 atom stereocenters. The Morgan fingerprint density at radius 1 is 1.44 bits per heavy atom. The predicted molar refractivity (Wildman–Crippen MR) is 64.7 cm³/mol. The first-order valence-electron chi connectivity index (χ1n) is 4.38. The molecule has 0 unspecified atom stereocenters. The summed E-state index contributed by atoms with van der Waals surface area (Å²) in [4.78, 5) is 11.7. The molecule has 0 heterocycles. The van der Waals surface area contributed by atoms with E-state index in [4.69, 9.17) is 4.74 Å². The highest BCUT2D eigenvalue weighted by molar-refractivity contribution is 9.10. The van der Waals surface area contributed by atoms with Crippen molar-refractivity contribution in [1.82, 2.24) is 0 Å². The number of halogens is 1. The smallest absolute Gasteiger partial charge is 0.181 e. The summed E-state index contributed by atoms with van der Waals surface area (Å²) in [5, 5.41) is 0. The normalized spacial score (nSPS) is 11.2. The van der Waals surface area contributed by atoms with Gasteiger partial charge in [-0.2, -0.15) is 0 Å². The molecule has 0 aliphatic rings. The molecule has 4 nitrogen and oxygen atoms in total. The largest absolute Gasteiger partial charge is 0.496 e. The first-order valence-corrected chi connectivity index (χ1v) is 7.23. The van der Waals surface area contributed by atoms with Crippen molar-refractivity contribution >= 4 is 31.6 Å². The quantitative estimate of drug-likeness (QED) is 0.794. The molecule has 0 aliphatic heterocycles. The van der Waals surface area contributed by atoms with Gasteiger partial charge in [0.2, 0.25) is 0 Å². The van der Waals surface area contributed by atoms with Crippen LogP contribution in [0.2, 0.25) is 0 Å². The number of hydrogen-bond donors (Lipinski definition) is 0. The fourth-order valence-corrected chi connectivity index (χ4v) is 2.21. The zero-order valence-electron chi connectivity index (χ0n) is 8.86. The lowest BCUT2D eigenvalue weighted by atomic mass is 10.1. The van der Waals surface area contributed by atoms with Gasteiger partial charge in [0.25, 0.3) is 0 Å². The maximum absolute atomic E-state index is 11.7. The van der Waals surface area contributed by atoms with Crippen LogP contribution in [0, 0.1) is 0 Å². The number of carbonyl (C=O) groups is 1. The number of sulfone groups is 1. The van der Waals surface area contributed by atoms with Gasteiger partial charge < -0.3 is 4.74 Å². The predicted octanol–water partition coefficient (Wildman–Crippen LogP) is 1.68. The summed E-state index contributed by atoms with van der Waals surface area (Å²) < 4.78 is 27.8. The van der Waals surface area contributed by atoms with Crippen LogP contribution in [0.5, 0.6) is 5.75 Å². The monoisotopic (exact) mass is 306 g/mol. The van der Waals surface area contributed by atoms with Gasteiger partial charge in [-0.15, -0.1) is 0 Å². The average molecular weight is 307 g/mol. The molecule has 0 aliphatic carbocycles. The summed E-state index contributed by atoms with van der Waals surface area (Å²) in [5.74, 6) is -0.614. The van der Waals surface area contributed by atoms with Crippen molar-refractivity contribution in [3.8, 4) is 5.75 Å². The standard InChI is InChI=1S/C10H11BrO4S/c1-15-10-4-3-7(11)5-8(10)9(12)6-16(2,13)14/h3-5H,6H2,1-2H3. The molecule has 0 bridgehead atoms. The lowest BCUT2D eigenvalue weighted by molar-refractivity contribution is 0.101. The molecule has 0 spiro atoms. The van der Waals surface area contributed by atoms with Crippen molar-refractivity contribution in [2.45, 2.75) is 0 Å². The molecule has 0 fully saturated rings. The van der Waals surface area contributed by atoms with E-state index in [9.17, 15) is 13.2 Å². The Balaban J connectivity index is 3.12.